The van der Waals surface area contributed by atoms with Gasteiger partial charge in [0, 0.05) is 35.9 Å². The van der Waals surface area contributed by atoms with Gasteiger partial charge in [-0.15, -0.1) is 24.8 Å². The number of amides is 1. The molecule has 3 aromatic rings. The number of benzene rings is 1. The molecule has 7 heteroatoms. The van der Waals surface area contributed by atoms with Gasteiger partial charge in [0.05, 0.1) is 16.8 Å². The summed E-state index contributed by atoms with van der Waals surface area (Å²) in [6.07, 6.45) is 5.60. The van der Waals surface area contributed by atoms with E-state index in [1.54, 1.807) is 12.4 Å². The smallest absolute Gasteiger partial charge is 0.252 e. The number of piperidine rings is 1. The number of aromatic nitrogens is 2. The van der Waals surface area contributed by atoms with E-state index in [-0.39, 0.29) is 36.8 Å². The van der Waals surface area contributed by atoms with E-state index in [0.717, 1.165) is 48.1 Å². The third-order valence-corrected chi connectivity index (χ3v) is 4.55. The van der Waals surface area contributed by atoms with Crippen molar-refractivity contribution in [3.05, 3.63) is 60.4 Å². The molecule has 0 aliphatic carbocycles. The van der Waals surface area contributed by atoms with Gasteiger partial charge in [0.15, 0.2) is 0 Å². The molecule has 1 unspecified atom stereocenters. The third kappa shape index (κ3) is 4.75. The van der Waals surface area contributed by atoms with Crippen molar-refractivity contribution >= 4 is 41.6 Å². The Kier molecular flexibility index (Phi) is 7.54. The maximum atomic E-state index is 12.9. The number of pyridine rings is 2. The zero-order valence-electron chi connectivity index (χ0n) is 14.7. The predicted molar refractivity (Wildman–Crippen MR) is 113 cm³/mol. The average molecular weight is 405 g/mol. The van der Waals surface area contributed by atoms with Crippen molar-refractivity contribution in [2.24, 2.45) is 0 Å². The molecule has 27 heavy (non-hydrogen) atoms. The molecular formula is C20H22Cl2N4O. The highest BCUT2D eigenvalue weighted by atomic mass is 35.5. The molecule has 1 aliphatic heterocycles. The monoisotopic (exact) mass is 404 g/mol. The number of hydrogen-bond acceptors (Lipinski definition) is 4. The summed E-state index contributed by atoms with van der Waals surface area (Å²) < 4.78 is 0. The Balaban J connectivity index is 0.00000131. The second-order valence-electron chi connectivity index (χ2n) is 6.33. The van der Waals surface area contributed by atoms with Gasteiger partial charge in [-0.3, -0.25) is 9.78 Å². The summed E-state index contributed by atoms with van der Waals surface area (Å²) in [6.45, 7) is 1.85. The normalized spacial score (nSPS) is 16.1. The van der Waals surface area contributed by atoms with Crippen LogP contribution in [0.25, 0.3) is 22.2 Å². The standard InChI is InChI=1S/C20H20N4O.2ClH/c25-20(23-15-6-4-10-22-13-15)17-11-19(14-5-3-9-21-12-14)24-18-8-2-1-7-16(17)18;;/h1-3,5,7-9,11-12,15,22H,4,6,10,13H2,(H,23,25);2*1H. The highest BCUT2D eigenvalue weighted by Crippen LogP contribution is 2.24. The van der Waals surface area contributed by atoms with Crippen LogP contribution in [-0.4, -0.2) is 35.0 Å². The van der Waals surface area contributed by atoms with E-state index in [1.165, 1.54) is 0 Å². The van der Waals surface area contributed by atoms with Crippen LogP contribution in [0.3, 0.4) is 0 Å². The van der Waals surface area contributed by atoms with Gasteiger partial charge < -0.3 is 10.6 Å². The second kappa shape index (κ2) is 9.65. The van der Waals surface area contributed by atoms with E-state index >= 15 is 0 Å². The Bertz CT molecular complexity index is 899. The molecule has 0 radical (unpaired) electrons. The van der Waals surface area contributed by atoms with Gasteiger partial charge in [0.2, 0.25) is 0 Å². The molecule has 1 aliphatic rings. The number of halogens is 2. The summed E-state index contributed by atoms with van der Waals surface area (Å²) in [5.74, 6) is -0.0440. The lowest BCUT2D eigenvalue weighted by Crippen LogP contribution is -2.45. The molecule has 1 fully saturated rings. The minimum atomic E-state index is -0.0440. The number of rotatable bonds is 3. The first-order valence-electron chi connectivity index (χ1n) is 8.63. The van der Waals surface area contributed by atoms with Crippen LogP contribution >= 0.6 is 24.8 Å². The van der Waals surface area contributed by atoms with Crippen LogP contribution in [0, 0.1) is 0 Å². The molecule has 4 rings (SSSR count). The van der Waals surface area contributed by atoms with Crippen LogP contribution in [0.1, 0.15) is 23.2 Å². The van der Waals surface area contributed by atoms with Crippen LogP contribution in [-0.2, 0) is 0 Å². The Morgan fingerprint density at radius 2 is 2.00 bits per heavy atom. The number of hydrogen-bond donors (Lipinski definition) is 2. The van der Waals surface area contributed by atoms with Gasteiger partial charge in [-0.1, -0.05) is 18.2 Å². The Morgan fingerprint density at radius 1 is 1.15 bits per heavy atom. The first-order valence-corrected chi connectivity index (χ1v) is 8.63. The second-order valence-corrected chi connectivity index (χ2v) is 6.33. The van der Waals surface area contributed by atoms with Crippen molar-refractivity contribution in [3.8, 4) is 11.3 Å². The van der Waals surface area contributed by atoms with Gasteiger partial charge in [-0.25, -0.2) is 4.98 Å². The van der Waals surface area contributed by atoms with Gasteiger partial charge in [0.1, 0.15) is 0 Å². The van der Waals surface area contributed by atoms with Crippen molar-refractivity contribution < 1.29 is 4.79 Å². The van der Waals surface area contributed by atoms with Gasteiger partial charge in [-0.05, 0) is 43.7 Å². The number of carbonyl (C=O) groups excluding carboxylic acids is 1. The summed E-state index contributed by atoms with van der Waals surface area (Å²) in [4.78, 5) is 21.8. The predicted octanol–water partition coefficient (Wildman–Crippen LogP) is 3.62. The van der Waals surface area contributed by atoms with Crippen molar-refractivity contribution in [1.29, 1.82) is 0 Å². The summed E-state index contributed by atoms with van der Waals surface area (Å²) in [5.41, 5.74) is 3.14. The molecule has 1 aromatic carbocycles. The first-order chi connectivity index (χ1) is 12.3. The lowest BCUT2D eigenvalue weighted by Gasteiger charge is -2.24. The van der Waals surface area contributed by atoms with Gasteiger partial charge in [-0.2, -0.15) is 0 Å². The number of para-hydroxylation sites is 1. The van der Waals surface area contributed by atoms with E-state index in [4.69, 9.17) is 4.98 Å². The lowest BCUT2D eigenvalue weighted by molar-refractivity contribution is 0.0932. The molecule has 142 valence electrons. The highest BCUT2D eigenvalue weighted by molar-refractivity contribution is 6.07. The molecule has 1 atom stereocenters. The zero-order valence-corrected chi connectivity index (χ0v) is 16.4. The summed E-state index contributed by atoms with van der Waals surface area (Å²) in [5, 5.41) is 7.36. The van der Waals surface area contributed by atoms with Crippen LogP contribution < -0.4 is 10.6 Å². The lowest BCUT2D eigenvalue weighted by atomic mass is 10.0. The van der Waals surface area contributed by atoms with Crippen LogP contribution in [0.4, 0.5) is 0 Å². The highest BCUT2D eigenvalue weighted by Gasteiger charge is 2.19. The van der Waals surface area contributed by atoms with E-state index in [0.29, 0.717) is 5.56 Å². The molecule has 1 saturated heterocycles. The summed E-state index contributed by atoms with van der Waals surface area (Å²) in [6, 6.07) is 13.6. The molecule has 5 nitrogen and oxygen atoms in total. The Morgan fingerprint density at radius 3 is 2.74 bits per heavy atom. The van der Waals surface area contributed by atoms with E-state index in [2.05, 4.69) is 15.6 Å². The molecule has 3 heterocycles. The first kappa shape index (κ1) is 21.1. The van der Waals surface area contributed by atoms with Crippen molar-refractivity contribution in [1.82, 2.24) is 20.6 Å². The largest absolute Gasteiger partial charge is 0.348 e. The maximum absolute atomic E-state index is 12.9. The van der Waals surface area contributed by atoms with Crippen molar-refractivity contribution in [2.45, 2.75) is 18.9 Å². The molecular weight excluding hydrogens is 383 g/mol. The third-order valence-electron chi connectivity index (χ3n) is 4.55. The fourth-order valence-electron chi connectivity index (χ4n) is 3.26. The Labute approximate surface area is 170 Å². The SMILES string of the molecule is Cl.Cl.O=C(NC1CCCNC1)c1cc(-c2cccnc2)nc2ccccc12. The zero-order chi connectivity index (χ0) is 17.1. The number of fused-ring (bicyclic) bond motifs is 1. The molecule has 2 aromatic heterocycles. The summed E-state index contributed by atoms with van der Waals surface area (Å²) >= 11 is 0. The minimum Gasteiger partial charge on any atom is -0.348 e. The van der Waals surface area contributed by atoms with Gasteiger partial charge >= 0.3 is 0 Å². The van der Waals surface area contributed by atoms with E-state index < -0.39 is 0 Å². The number of nitrogens with zero attached hydrogens (tertiary/aromatic N) is 2. The minimum absolute atomic E-state index is 0. The van der Waals surface area contributed by atoms with Crippen molar-refractivity contribution in [2.75, 3.05) is 13.1 Å². The van der Waals surface area contributed by atoms with Gasteiger partial charge in [0.25, 0.3) is 5.91 Å². The molecule has 0 bridgehead atoms. The molecule has 2 N–H and O–H groups in total. The average Bonchev–Trinajstić information content (AvgIpc) is 2.68. The van der Waals surface area contributed by atoms with E-state index in [1.807, 2.05) is 42.5 Å². The van der Waals surface area contributed by atoms with Crippen LogP contribution in [0.2, 0.25) is 0 Å². The topological polar surface area (TPSA) is 66.9 Å². The van der Waals surface area contributed by atoms with Crippen LogP contribution in [0.5, 0.6) is 0 Å². The van der Waals surface area contributed by atoms with E-state index in [9.17, 15) is 4.79 Å². The molecule has 1 amide bonds. The molecule has 0 spiro atoms. The molecule has 0 saturated carbocycles. The fourth-order valence-corrected chi connectivity index (χ4v) is 3.26. The fraction of sp³-hybridized carbons (Fsp3) is 0.250. The maximum Gasteiger partial charge on any atom is 0.252 e. The Hall–Kier alpha value is -2.21. The van der Waals surface area contributed by atoms with Crippen molar-refractivity contribution in [3.63, 3.8) is 0 Å². The summed E-state index contributed by atoms with van der Waals surface area (Å²) in [7, 11) is 0. The number of nitrogens with one attached hydrogen (secondary N) is 2. The quantitative estimate of drug-likeness (QED) is 0.699. The van der Waals surface area contributed by atoms with Crippen LogP contribution in [0.15, 0.2) is 54.9 Å². The number of carbonyl (C=O) groups is 1.